The quantitative estimate of drug-likeness (QED) is 0.659. The first kappa shape index (κ1) is 9.05. The van der Waals surface area contributed by atoms with Crippen LogP contribution in [-0.4, -0.2) is 13.1 Å². The van der Waals surface area contributed by atoms with Gasteiger partial charge in [0.25, 0.3) is 0 Å². The van der Waals surface area contributed by atoms with Gasteiger partial charge in [-0.25, -0.2) is 0 Å². The summed E-state index contributed by atoms with van der Waals surface area (Å²) >= 11 is 0. The zero-order valence-electron chi connectivity index (χ0n) is 8.28. The molecule has 1 fully saturated rings. The average molecular weight is 155 g/mol. The smallest absolute Gasteiger partial charge is 0.000780 e. The zero-order chi connectivity index (χ0) is 8.48. The van der Waals surface area contributed by atoms with E-state index in [0.29, 0.717) is 5.41 Å². The van der Waals surface area contributed by atoms with Crippen molar-refractivity contribution in [3.63, 3.8) is 0 Å². The summed E-state index contributed by atoms with van der Waals surface area (Å²) in [6.07, 6.45) is 1.40. The van der Waals surface area contributed by atoms with Crippen LogP contribution in [0.15, 0.2) is 0 Å². The third-order valence-electron chi connectivity index (χ3n) is 3.52. The molecule has 0 aliphatic heterocycles. The maximum atomic E-state index is 3.44. The lowest BCUT2D eigenvalue weighted by atomic mass is 9.56. The lowest BCUT2D eigenvalue weighted by Crippen LogP contribution is -2.49. The standard InChI is InChI=1S/C10H21N/c1-5-11-7-10(4)6-8(2)9(10)3/h8-9,11H,5-7H2,1-4H3. The minimum atomic E-state index is 0.593. The van der Waals surface area contributed by atoms with Crippen molar-refractivity contribution >= 4 is 0 Å². The fraction of sp³-hybridized carbons (Fsp3) is 1.00. The Morgan fingerprint density at radius 1 is 1.45 bits per heavy atom. The van der Waals surface area contributed by atoms with Crippen molar-refractivity contribution in [3.05, 3.63) is 0 Å². The highest BCUT2D eigenvalue weighted by molar-refractivity contribution is 4.95. The second-order valence-electron chi connectivity index (χ2n) is 4.40. The van der Waals surface area contributed by atoms with Gasteiger partial charge < -0.3 is 5.32 Å². The SMILES string of the molecule is CCNCC1(C)CC(C)C1C. The third kappa shape index (κ3) is 1.58. The predicted octanol–water partition coefficient (Wildman–Crippen LogP) is 2.28. The monoisotopic (exact) mass is 155 g/mol. The van der Waals surface area contributed by atoms with Crippen LogP contribution >= 0.6 is 0 Å². The van der Waals surface area contributed by atoms with Gasteiger partial charge in [-0.15, -0.1) is 0 Å². The summed E-state index contributed by atoms with van der Waals surface area (Å²) in [6.45, 7) is 11.6. The molecular weight excluding hydrogens is 134 g/mol. The summed E-state index contributed by atoms with van der Waals surface area (Å²) in [4.78, 5) is 0. The summed E-state index contributed by atoms with van der Waals surface area (Å²) in [5.74, 6) is 1.85. The van der Waals surface area contributed by atoms with E-state index in [9.17, 15) is 0 Å². The zero-order valence-corrected chi connectivity index (χ0v) is 8.28. The van der Waals surface area contributed by atoms with Gasteiger partial charge in [0.1, 0.15) is 0 Å². The molecule has 1 aliphatic rings. The first-order valence-electron chi connectivity index (χ1n) is 4.81. The van der Waals surface area contributed by atoms with E-state index >= 15 is 0 Å². The van der Waals surface area contributed by atoms with Crippen molar-refractivity contribution in [2.45, 2.75) is 34.1 Å². The molecule has 0 amide bonds. The number of rotatable bonds is 3. The molecular formula is C10H21N. The molecule has 0 aromatic carbocycles. The minimum Gasteiger partial charge on any atom is -0.316 e. The molecule has 0 saturated heterocycles. The van der Waals surface area contributed by atoms with E-state index in [1.807, 2.05) is 0 Å². The molecule has 0 bridgehead atoms. The largest absolute Gasteiger partial charge is 0.316 e. The summed E-state index contributed by atoms with van der Waals surface area (Å²) in [5, 5.41) is 3.44. The highest BCUT2D eigenvalue weighted by Crippen LogP contribution is 2.49. The van der Waals surface area contributed by atoms with E-state index < -0.39 is 0 Å². The topological polar surface area (TPSA) is 12.0 Å². The van der Waals surface area contributed by atoms with Gasteiger partial charge >= 0.3 is 0 Å². The molecule has 0 radical (unpaired) electrons. The summed E-state index contributed by atoms with van der Waals surface area (Å²) in [5.41, 5.74) is 0.593. The van der Waals surface area contributed by atoms with Crippen LogP contribution in [0.1, 0.15) is 34.1 Å². The van der Waals surface area contributed by atoms with Crippen LogP contribution in [0.3, 0.4) is 0 Å². The van der Waals surface area contributed by atoms with Crippen molar-refractivity contribution in [1.29, 1.82) is 0 Å². The maximum Gasteiger partial charge on any atom is 0.000780 e. The summed E-state index contributed by atoms with van der Waals surface area (Å²) in [7, 11) is 0. The van der Waals surface area contributed by atoms with E-state index in [1.165, 1.54) is 13.0 Å². The van der Waals surface area contributed by atoms with E-state index in [2.05, 4.69) is 33.0 Å². The Morgan fingerprint density at radius 3 is 2.45 bits per heavy atom. The average Bonchev–Trinajstić information content (AvgIpc) is 2.00. The highest BCUT2D eigenvalue weighted by Gasteiger charge is 2.44. The molecule has 1 N–H and O–H groups in total. The Hall–Kier alpha value is -0.0400. The molecule has 1 aliphatic carbocycles. The second kappa shape index (κ2) is 3.14. The van der Waals surface area contributed by atoms with Crippen molar-refractivity contribution in [2.24, 2.45) is 17.3 Å². The maximum absolute atomic E-state index is 3.44. The van der Waals surface area contributed by atoms with Crippen molar-refractivity contribution in [3.8, 4) is 0 Å². The van der Waals surface area contributed by atoms with Gasteiger partial charge in [0.15, 0.2) is 0 Å². The second-order valence-corrected chi connectivity index (χ2v) is 4.40. The van der Waals surface area contributed by atoms with Gasteiger partial charge in [-0.3, -0.25) is 0 Å². The van der Waals surface area contributed by atoms with E-state index in [-0.39, 0.29) is 0 Å². The van der Waals surface area contributed by atoms with Crippen LogP contribution in [-0.2, 0) is 0 Å². The Kier molecular flexibility index (Phi) is 2.58. The third-order valence-corrected chi connectivity index (χ3v) is 3.52. The fourth-order valence-corrected chi connectivity index (χ4v) is 2.27. The van der Waals surface area contributed by atoms with E-state index in [0.717, 1.165) is 18.4 Å². The minimum absolute atomic E-state index is 0.593. The summed E-state index contributed by atoms with van der Waals surface area (Å²) < 4.78 is 0. The highest BCUT2D eigenvalue weighted by atomic mass is 14.9. The number of hydrogen-bond donors (Lipinski definition) is 1. The van der Waals surface area contributed by atoms with Gasteiger partial charge in [0.05, 0.1) is 0 Å². The molecule has 3 atom stereocenters. The molecule has 11 heavy (non-hydrogen) atoms. The Labute approximate surface area is 70.6 Å². The van der Waals surface area contributed by atoms with Crippen LogP contribution in [0.5, 0.6) is 0 Å². The lowest BCUT2D eigenvalue weighted by molar-refractivity contribution is -0.00182. The first-order valence-corrected chi connectivity index (χ1v) is 4.81. The molecule has 66 valence electrons. The molecule has 3 unspecified atom stereocenters. The molecule has 1 saturated carbocycles. The van der Waals surface area contributed by atoms with Crippen LogP contribution in [0, 0.1) is 17.3 Å². The molecule has 0 heterocycles. The van der Waals surface area contributed by atoms with Crippen LogP contribution < -0.4 is 5.32 Å². The normalized spacial score (nSPS) is 43.6. The molecule has 1 rings (SSSR count). The van der Waals surface area contributed by atoms with Crippen LogP contribution in [0.4, 0.5) is 0 Å². The molecule has 0 aromatic heterocycles. The molecule has 1 nitrogen and oxygen atoms in total. The fourth-order valence-electron chi connectivity index (χ4n) is 2.27. The Bertz CT molecular complexity index is 133. The molecule has 0 spiro atoms. The first-order chi connectivity index (χ1) is 5.10. The van der Waals surface area contributed by atoms with E-state index in [1.54, 1.807) is 0 Å². The van der Waals surface area contributed by atoms with Gasteiger partial charge in [-0.05, 0) is 30.2 Å². The number of hydrogen-bond acceptors (Lipinski definition) is 1. The van der Waals surface area contributed by atoms with Gasteiger partial charge in [0.2, 0.25) is 0 Å². The van der Waals surface area contributed by atoms with Gasteiger partial charge in [-0.1, -0.05) is 27.7 Å². The predicted molar refractivity (Wildman–Crippen MR) is 49.6 cm³/mol. The van der Waals surface area contributed by atoms with E-state index in [4.69, 9.17) is 0 Å². The van der Waals surface area contributed by atoms with Crippen LogP contribution in [0.2, 0.25) is 0 Å². The van der Waals surface area contributed by atoms with Crippen molar-refractivity contribution in [2.75, 3.05) is 13.1 Å². The number of nitrogens with one attached hydrogen (secondary N) is 1. The molecule has 0 aromatic rings. The summed E-state index contributed by atoms with van der Waals surface area (Å²) in [6, 6.07) is 0. The van der Waals surface area contributed by atoms with Crippen LogP contribution in [0.25, 0.3) is 0 Å². The van der Waals surface area contributed by atoms with Gasteiger partial charge in [0, 0.05) is 6.54 Å². The molecule has 1 heteroatoms. The van der Waals surface area contributed by atoms with Gasteiger partial charge in [-0.2, -0.15) is 0 Å². The van der Waals surface area contributed by atoms with Crippen molar-refractivity contribution < 1.29 is 0 Å². The lowest BCUT2D eigenvalue weighted by Gasteiger charge is -2.51. The van der Waals surface area contributed by atoms with Crippen molar-refractivity contribution in [1.82, 2.24) is 5.32 Å². The Morgan fingerprint density at radius 2 is 2.09 bits per heavy atom. The Balaban J connectivity index is 2.32.